The number of hydrogen-bond donors (Lipinski definition) is 2. The van der Waals surface area contributed by atoms with Crippen LogP contribution in [0.3, 0.4) is 0 Å². The highest BCUT2D eigenvalue weighted by Gasteiger charge is 2.52. The van der Waals surface area contributed by atoms with Gasteiger partial charge >= 0.3 is 11.9 Å². The molecule has 2 N–H and O–H groups in total. The second-order valence-corrected chi connectivity index (χ2v) is 52.0. The first-order valence-corrected chi connectivity index (χ1v) is 45.0. The number of rotatable bonds is 35. The SMILES string of the molecule is C/C=C/[C@H](C)[C@H](O[Si](C)(C)C(C)(C)C)[C@@H](C)C(=O)C(C)(C)[C@H](CC(=O)O)O[Si](C)(C)C(C)(C)C.C=CC/C(C)=C\C[C@@H](O)C(C)=O.C=CC/C(C)=C\C[C@H](OC(=O)C[C@H](O[Si](C)(C)C(C)(C)C)C(C)(C)C(=O)[C@H](C)[C@@H](O[Si](C)(C)C(C)(C)C)[C@@H](C)/C=C/C)C(C)=O. The summed E-state index contributed by atoms with van der Waals surface area (Å²) in [4.78, 5) is 77.1. The van der Waals surface area contributed by atoms with Gasteiger partial charge in [-0.1, -0.05) is 198 Å². The molecule has 0 aliphatic rings. The number of ketones is 4. The van der Waals surface area contributed by atoms with Crippen molar-refractivity contribution in [3.63, 3.8) is 0 Å². The van der Waals surface area contributed by atoms with Crippen LogP contribution in [0.5, 0.6) is 0 Å². The predicted octanol–water partition coefficient (Wildman–Crippen LogP) is 19.5. The zero-order valence-corrected chi connectivity index (χ0v) is 68.4. The second-order valence-electron chi connectivity index (χ2n) is 33.0. The van der Waals surface area contributed by atoms with E-state index >= 15 is 0 Å². The van der Waals surface area contributed by atoms with Gasteiger partial charge in [0.1, 0.15) is 17.7 Å². The molecule has 17 heteroatoms. The molecule has 10 atom stereocenters. The Hall–Kier alpha value is -3.27. The van der Waals surface area contributed by atoms with Gasteiger partial charge in [-0.25, -0.2) is 0 Å². The number of ether oxygens (including phenoxy) is 1. The summed E-state index contributed by atoms with van der Waals surface area (Å²) >= 11 is 0. The molecule has 0 aromatic carbocycles. The zero-order chi connectivity index (χ0) is 72.8. The lowest BCUT2D eigenvalue weighted by Gasteiger charge is -2.46. The van der Waals surface area contributed by atoms with Crippen molar-refractivity contribution in [2.75, 3.05) is 0 Å². The summed E-state index contributed by atoms with van der Waals surface area (Å²) in [6, 6.07) is 0. The molecule has 0 unspecified atom stereocenters. The van der Waals surface area contributed by atoms with E-state index in [0.717, 1.165) is 17.6 Å². The number of Topliss-reactive ketones (excluding diaryl/α,β-unsaturated/α-hetero) is 4. The van der Waals surface area contributed by atoms with Gasteiger partial charge in [-0.15, -0.1) is 13.2 Å². The molecule has 0 saturated carbocycles. The minimum absolute atomic E-state index is 0.00229. The number of carboxylic acid groups (broad SMARTS) is 1. The van der Waals surface area contributed by atoms with Crippen LogP contribution in [0.25, 0.3) is 0 Å². The number of hydrogen-bond acceptors (Lipinski definition) is 12. The van der Waals surface area contributed by atoms with E-state index < -0.39 is 92.3 Å². The van der Waals surface area contributed by atoms with E-state index in [2.05, 4.69) is 175 Å². The molecule has 0 fully saturated rings. The summed E-state index contributed by atoms with van der Waals surface area (Å²) < 4.78 is 33.0. The standard InChI is InChI=1S/C37H68O6Si2.C27H54O5Si2.C10H16O2/c1-19-21-26(3)23-24-30(29(6)38)41-32(39)25-31(42-44(15,16)35(7,8)9)37(13,14)34(40)28(5)33(27(4)22-20-2)43-45(17,18)36(10,11)12;1-16-17-19(2)23(32-34(14,15)26(7,8)9)20(3)24(30)27(10,11)21(18-22(28)29)31-33(12,13)25(4,5)6;1-4-5-8(2)6-7-10(12)9(3)11/h19-20,22-23,27-28,30-31,33H,1,21,24-25H2,2-18H3;16-17,19-21,23H,18H2,1-15H3,(H,28,29);4,6,10,12H,1,5,7H2,2-3H3/b22-20+,26-23-;17-16+;8-6-/t27-,28+,30-,31-,33-;19-,20+,21-,23-;10-/m001/s1. The molecule has 91 heavy (non-hydrogen) atoms. The first-order valence-electron chi connectivity index (χ1n) is 33.3. The number of aliphatic carboxylic acids is 1. The fourth-order valence-electron chi connectivity index (χ4n) is 9.15. The minimum Gasteiger partial charge on any atom is -0.481 e. The van der Waals surface area contributed by atoms with Crippen molar-refractivity contribution in [1.82, 2.24) is 0 Å². The molecule has 0 rings (SSSR count). The maximum atomic E-state index is 14.6. The monoisotopic (exact) mass is 1350 g/mol. The maximum Gasteiger partial charge on any atom is 0.309 e. The quantitative estimate of drug-likeness (QED) is 0.0347. The van der Waals surface area contributed by atoms with Crippen LogP contribution in [-0.4, -0.2) is 115 Å². The highest BCUT2D eigenvalue weighted by atomic mass is 28.4. The van der Waals surface area contributed by atoms with Crippen molar-refractivity contribution in [1.29, 1.82) is 0 Å². The lowest BCUT2D eigenvalue weighted by atomic mass is 9.73. The van der Waals surface area contributed by atoms with Crippen molar-refractivity contribution < 1.29 is 61.4 Å². The molecular weight excluding hydrogens is 1210 g/mol. The van der Waals surface area contributed by atoms with E-state index in [-0.39, 0.29) is 80.2 Å². The van der Waals surface area contributed by atoms with Crippen LogP contribution in [-0.2, 0) is 51.2 Å². The van der Waals surface area contributed by atoms with Crippen LogP contribution in [0.2, 0.25) is 72.5 Å². The number of aliphatic hydroxyl groups excluding tert-OH is 1. The topological polar surface area (TPSA) is 189 Å². The number of carbonyl (C=O) groups excluding carboxylic acids is 5. The number of carboxylic acids is 1. The van der Waals surface area contributed by atoms with Crippen LogP contribution < -0.4 is 0 Å². The van der Waals surface area contributed by atoms with E-state index in [9.17, 15) is 33.9 Å². The van der Waals surface area contributed by atoms with E-state index in [1.54, 1.807) is 12.2 Å². The summed E-state index contributed by atoms with van der Waals surface area (Å²) in [6.07, 6.45) is 13.7. The van der Waals surface area contributed by atoms with Gasteiger partial charge in [-0.3, -0.25) is 28.8 Å². The van der Waals surface area contributed by atoms with Crippen LogP contribution in [0, 0.1) is 34.5 Å². The Morgan fingerprint density at radius 1 is 0.473 bits per heavy atom. The van der Waals surface area contributed by atoms with Crippen LogP contribution >= 0.6 is 0 Å². The van der Waals surface area contributed by atoms with E-state index in [1.165, 1.54) is 13.8 Å². The highest BCUT2D eigenvalue weighted by Crippen LogP contribution is 2.46. The van der Waals surface area contributed by atoms with Gasteiger partial charge in [0.25, 0.3) is 0 Å². The predicted molar refractivity (Wildman–Crippen MR) is 393 cm³/mol. The average Bonchev–Trinajstić information content (AvgIpc) is 0.799. The first kappa shape index (κ1) is 91.9. The highest BCUT2D eigenvalue weighted by molar-refractivity contribution is 6.75. The molecule has 0 saturated heterocycles. The number of esters is 1. The first-order chi connectivity index (χ1) is 40.7. The van der Waals surface area contributed by atoms with Crippen molar-refractivity contribution in [3.8, 4) is 0 Å². The smallest absolute Gasteiger partial charge is 0.309 e. The molecule has 0 spiro atoms. The van der Waals surface area contributed by atoms with Crippen LogP contribution in [0.1, 0.15) is 219 Å². The number of carbonyl (C=O) groups is 6. The summed E-state index contributed by atoms with van der Waals surface area (Å²) in [7, 11) is -9.10. The second kappa shape index (κ2) is 37.9. The molecule has 0 aliphatic carbocycles. The van der Waals surface area contributed by atoms with Crippen LogP contribution in [0.4, 0.5) is 0 Å². The number of allylic oxidation sites excluding steroid dienone is 6. The molecule has 0 bridgehead atoms. The Morgan fingerprint density at radius 2 is 0.769 bits per heavy atom. The van der Waals surface area contributed by atoms with Crippen molar-refractivity contribution in [2.24, 2.45) is 34.5 Å². The maximum absolute atomic E-state index is 14.6. The average molecular weight is 1350 g/mol. The Balaban J connectivity index is -0.00000147. The lowest BCUT2D eigenvalue weighted by Crippen LogP contribution is -2.54. The molecule has 0 heterocycles. The third-order valence-corrected chi connectivity index (χ3v) is 37.8. The van der Waals surface area contributed by atoms with Crippen LogP contribution in [0.15, 0.2) is 72.9 Å². The van der Waals surface area contributed by atoms with E-state index in [4.69, 9.17) is 27.5 Å². The summed E-state index contributed by atoms with van der Waals surface area (Å²) in [6.45, 7) is 76.8. The molecule has 13 nitrogen and oxygen atoms in total. The Labute approximate surface area is 561 Å². The third kappa shape index (κ3) is 30.6. The van der Waals surface area contributed by atoms with Gasteiger partial charge in [-0.05, 0) is 145 Å². The summed E-state index contributed by atoms with van der Waals surface area (Å²) in [5, 5.41) is 18.5. The molecule has 0 amide bonds. The van der Waals surface area contributed by atoms with Crippen molar-refractivity contribution >= 4 is 68.3 Å². The molecule has 0 radical (unpaired) electrons. The van der Waals surface area contributed by atoms with E-state index in [0.29, 0.717) is 19.3 Å². The molecule has 0 aliphatic heterocycles. The van der Waals surface area contributed by atoms with Gasteiger partial charge in [0.15, 0.2) is 50.9 Å². The fourth-order valence-corrected chi connectivity index (χ4v) is 14.9. The number of aliphatic hydroxyl groups is 1. The van der Waals surface area contributed by atoms with E-state index in [1.807, 2.05) is 93.5 Å². The lowest BCUT2D eigenvalue weighted by molar-refractivity contribution is -0.158. The summed E-state index contributed by atoms with van der Waals surface area (Å²) in [5.74, 6) is -2.71. The Morgan fingerprint density at radius 3 is 1.03 bits per heavy atom. The van der Waals surface area contributed by atoms with Crippen molar-refractivity contribution in [3.05, 3.63) is 72.9 Å². The molecule has 0 aromatic heterocycles. The fraction of sp³-hybridized carbons (Fsp3) is 0.757. The normalized spacial score (nSPS) is 17.2. The third-order valence-electron chi connectivity index (χ3n) is 19.9. The minimum atomic E-state index is -2.43. The van der Waals surface area contributed by atoms with Gasteiger partial charge in [0.05, 0.1) is 37.3 Å². The summed E-state index contributed by atoms with van der Waals surface area (Å²) in [5.41, 5.74) is 0.169. The zero-order valence-electron chi connectivity index (χ0n) is 64.4. The van der Waals surface area contributed by atoms with Gasteiger partial charge in [-0.2, -0.15) is 0 Å². The molecule has 0 aromatic rings. The molecule has 528 valence electrons. The van der Waals surface area contributed by atoms with Gasteiger partial charge in [0.2, 0.25) is 0 Å². The van der Waals surface area contributed by atoms with Gasteiger partial charge < -0.3 is 32.7 Å². The Bertz CT molecular complexity index is 2470. The van der Waals surface area contributed by atoms with Gasteiger partial charge in [0, 0.05) is 29.1 Å². The Kier molecular flexibility index (Phi) is 38.3. The molecular formula is C74H138O13Si4. The van der Waals surface area contributed by atoms with Crippen molar-refractivity contribution in [2.45, 2.75) is 328 Å². The largest absolute Gasteiger partial charge is 0.481 e.